The van der Waals surface area contributed by atoms with Crippen molar-refractivity contribution in [3.05, 3.63) is 143 Å². The van der Waals surface area contributed by atoms with Crippen molar-refractivity contribution in [2.45, 2.75) is 13.8 Å². The van der Waals surface area contributed by atoms with Crippen LogP contribution in [-0.2, 0) is 26.4 Å². The predicted molar refractivity (Wildman–Crippen MR) is 219 cm³/mol. The number of hydrogen-bond acceptors (Lipinski definition) is 8. The smallest absolute Gasteiger partial charge is 0.550 e. The number of fused-ring (bicyclic) bond motifs is 16. The number of carboxylic acid groups (broad SMARTS) is 2. The molecule has 6 aromatic rings. The fourth-order valence-electron chi connectivity index (χ4n) is 5.89. The van der Waals surface area contributed by atoms with E-state index in [9.17, 15) is 0 Å². The molecule has 0 amide bonds. The Kier molecular flexibility index (Phi) is 12.3. The number of nitrogens with one attached hydrogen (secondary N) is 4. The fourth-order valence-corrected chi connectivity index (χ4v) is 5.89. The summed E-state index contributed by atoms with van der Waals surface area (Å²) in [6, 6.07) is 32.7. The van der Waals surface area contributed by atoms with Crippen molar-refractivity contribution in [2.75, 3.05) is 0 Å². The van der Waals surface area contributed by atoms with E-state index in [0.29, 0.717) is 0 Å². The van der Waals surface area contributed by atoms with Crippen LogP contribution >= 0.6 is 0 Å². The first kappa shape index (κ1) is 39.3. The molecule has 0 atom stereocenters. The van der Waals surface area contributed by atoms with Crippen LogP contribution in [0.15, 0.2) is 97.1 Å². The summed E-state index contributed by atoms with van der Waals surface area (Å²) in [6.07, 6.45) is 16.2. The molecule has 0 aliphatic carbocycles. The van der Waals surface area contributed by atoms with Crippen molar-refractivity contribution in [3.8, 4) is 0 Å². The molecule has 10 heterocycles. The van der Waals surface area contributed by atoms with Crippen molar-refractivity contribution in [2.24, 2.45) is 0 Å². The number of nitrogens with zero attached hydrogens (tertiary/aromatic N) is 4. The average molecular weight is 798 g/mol. The molecule has 0 saturated heterocycles. The Morgan fingerprint density at radius 2 is 0.474 bits per heavy atom. The molecule has 4 aliphatic heterocycles. The summed E-state index contributed by atoms with van der Waals surface area (Å²) in [5.74, 6) is -2.17. The number of aliphatic carboxylic acids is 2. The first-order valence-electron chi connectivity index (χ1n) is 17.5. The van der Waals surface area contributed by atoms with Gasteiger partial charge in [-0.1, -0.05) is 0 Å². The molecular weight excluding hydrogens is 763 g/mol. The Morgan fingerprint density at radius 3 is 0.596 bits per heavy atom. The van der Waals surface area contributed by atoms with Gasteiger partial charge in [-0.25, -0.2) is 19.9 Å². The Bertz CT molecular complexity index is 2370. The van der Waals surface area contributed by atoms with E-state index < -0.39 is 11.9 Å². The minimum absolute atomic E-state index is 0. The molecule has 4 aliphatic rings. The second kappa shape index (κ2) is 17.9. The molecule has 57 heavy (non-hydrogen) atoms. The normalized spacial score (nSPS) is 11.5. The number of rotatable bonds is 0. The van der Waals surface area contributed by atoms with Crippen molar-refractivity contribution < 1.29 is 36.6 Å². The van der Waals surface area contributed by atoms with Crippen LogP contribution in [0.25, 0.3) is 92.7 Å². The molecule has 12 nitrogen and oxygen atoms in total. The third kappa shape index (κ3) is 11.3. The van der Waals surface area contributed by atoms with Crippen LogP contribution < -0.4 is 10.2 Å². The van der Waals surface area contributed by atoms with Crippen LogP contribution in [0.1, 0.15) is 59.4 Å². The van der Waals surface area contributed by atoms with Gasteiger partial charge < -0.3 is 39.7 Å². The minimum atomic E-state index is -1.08. The molecule has 10 rings (SSSR count). The third-order valence-corrected chi connectivity index (χ3v) is 8.08. The van der Waals surface area contributed by atoms with E-state index in [4.69, 9.17) is 19.8 Å². The Balaban J connectivity index is 0.000000160. The summed E-state index contributed by atoms with van der Waals surface area (Å²) in [4.78, 5) is 49.8. The average Bonchev–Trinajstić information content (AvgIpc) is 3.98. The van der Waals surface area contributed by atoms with Gasteiger partial charge in [-0.2, -0.15) is 0 Å². The van der Waals surface area contributed by atoms with Crippen LogP contribution in [-0.4, -0.2) is 51.8 Å². The van der Waals surface area contributed by atoms with Crippen LogP contribution in [0.4, 0.5) is 0 Å². The molecule has 0 spiro atoms. The van der Waals surface area contributed by atoms with Crippen LogP contribution in [0.2, 0.25) is 0 Å². The molecule has 6 aromatic heterocycles. The summed E-state index contributed by atoms with van der Waals surface area (Å²) < 4.78 is 0. The maximum atomic E-state index is 8.89. The maximum Gasteiger partial charge on any atom is 2.00 e. The molecule has 0 aromatic carbocycles. The van der Waals surface area contributed by atoms with Crippen LogP contribution in [0.3, 0.4) is 0 Å². The fraction of sp³-hybridized carbons (Fsp3) is 0.0455. The summed E-state index contributed by atoms with van der Waals surface area (Å²) in [5.41, 5.74) is 15.7. The zero-order valence-corrected chi connectivity index (χ0v) is 31.7. The summed E-state index contributed by atoms with van der Waals surface area (Å²) in [5, 5.41) is 17.8. The molecule has 0 saturated carbocycles. The zero-order valence-electron chi connectivity index (χ0n) is 30.6. The second-order valence-electron chi connectivity index (χ2n) is 12.8. The Hall–Kier alpha value is -7.35. The number of hydrogen-bond donors (Lipinski definition) is 4. The summed E-state index contributed by atoms with van der Waals surface area (Å²) in [6.45, 7) is 1.94. The van der Waals surface area contributed by atoms with Crippen LogP contribution in [0.5, 0.6) is 0 Å². The number of aromatic amines is 4. The molecule has 4 N–H and O–H groups in total. The van der Waals surface area contributed by atoms with Gasteiger partial charge in [0.25, 0.3) is 0 Å². The SMILES string of the molecule is C1=Cc2cc3ccc(cc4nc(cc5ccc(cc1n2)[nH]5)C=C4)[nH]3.C1=Cc2cc3ccc(cc4nc(cc5ccc(cc1n2)[nH]5)C=C4)[nH]3.CC(=O)[O-].CC(=O)[O-].[Co+2]. The largest absolute Gasteiger partial charge is 2.00 e. The van der Waals surface area contributed by atoms with Gasteiger partial charge in [0.2, 0.25) is 0 Å². The van der Waals surface area contributed by atoms with E-state index in [0.717, 1.165) is 104 Å². The molecule has 0 fully saturated rings. The number of H-pyrrole nitrogens is 4. The molecule has 13 heteroatoms. The van der Waals surface area contributed by atoms with Crippen molar-refractivity contribution in [1.82, 2.24) is 39.9 Å². The minimum Gasteiger partial charge on any atom is -0.550 e. The van der Waals surface area contributed by atoms with Crippen LogP contribution in [0, 0.1) is 0 Å². The predicted octanol–water partition coefficient (Wildman–Crippen LogP) is 6.82. The number of carbonyl (C=O) groups is 2. The van der Waals surface area contributed by atoms with E-state index in [1.54, 1.807) is 0 Å². The van der Waals surface area contributed by atoms with Gasteiger partial charge in [-0.3, -0.25) is 0 Å². The summed E-state index contributed by atoms with van der Waals surface area (Å²) >= 11 is 0. The van der Waals surface area contributed by atoms with Crippen molar-refractivity contribution >= 4 is 105 Å². The van der Waals surface area contributed by atoms with E-state index in [-0.39, 0.29) is 16.8 Å². The first-order valence-corrected chi connectivity index (χ1v) is 17.5. The standard InChI is InChI=1S/2C20H14N4.2C2H4O2.Co/c2*1-2-14-10-16-5-6-18(23-16)12-20-8-7-19(24-20)11-17-4-3-15(22-17)9-13(1)21-14;2*1-2(3)4;/h2*1-12,21,24H;2*1H3,(H,3,4);/q;;;;+2/p-2. The monoisotopic (exact) mass is 797 g/mol. The van der Waals surface area contributed by atoms with Gasteiger partial charge in [-0.05, 0) is 160 Å². The third-order valence-electron chi connectivity index (χ3n) is 8.08. The van der Waals surface area contributed by atoms with E-state index in [2.05, 4.69) is 88.4 Å². The second-order valence-corrected chi connectivity index (χ2v) is 12.8. The maximum absolute atomic E-state index is 8.89. The van der Waals surface area contributed by atoms with Crippen molar-refractivity contribution in [1.29, 1.82) is 0 Å². The van der Waals surface area contributed by atoms with E-state index in [1.807, 2.05) is 97.1 Å². The van der Waals surface area contributed by atoms with Gasteiger partial charge in [0, 0.05) is 56.1 Å². The van der Waals surface area contributed by atoms with Gasteiger partial charge in [0.05, 0.1) is 45.6 Å². The molecule has 0 unspecified atom stereocenters. The van der Waals surface area contributed by atoms with Gasteiger partial charge in [-0.15, -0.1) is 0 Å². The Morgan fingerprint density at radius 1 is 0.351 bits per heavy atom. The topological polar surface area (TPSA) is 195 Å². The van der Waals surface area contributed by atoms with Gasteiger partial charge >= 0.3 is 16.8 Å². The first-order chi connectivity index (χ1) is 27.1. The number of carbonyl (C=O) groups excluding carboxylic acids is 2. The molecular formula is C44H34CoN8O4. The Labute approximate surface area is 336 Å². The molecule has 283 valence electrons. The molecule has 1 radical (unpaired) electrons. The van der Waals surface area contributed by atoms with E-state index >= 15 is 0 Å². The summed E-state index contributed by atoms with van der Waals surface area (Å²) in [7, 11) is 0. The van der Waals surface area contributed by atoms with E-state index in [1.165, 1.54) is 0 Å². The number of aromatic nitrogens is 8. The zero-order chi connectivity index (χ0) is 39.0. The van der Waals surface area contributed by atoms with Crippen molar-refractivity contribution in [3.63, 3.8) is 0 Å². The van der Waals surface area contributed by atoms with Gasteiger partial charge in [0.1, 0.15) is 0 Å². The quantitative estimate of drug-likeness (QED) is 0.128. The number of carboxylic acids is 2. The molecule has 16 bridgehead atoms. The van der Waals surface area contributed by atoms with Gasteiger partial charge in [0.15, 0.2) is 0 Å².